The molecule has 0 fully saturated rings. The van der Waals surface area contributed by atoms with Gasteiger partial charge in [0, 0.05) is 12.4 Å². The Bertz CT molecular complexity index is 557. The molecule has 110 valence electrons. The minimum absolute atomic E-state index is 0.179. The van der Waals surface area contributed by atoms with Crippen molar-refractivity contribution in [3.05, 3.63) is 36.3 Å². The van der Waals surface area contributed by atoms with Crippen LogP contribution in [0.5, 0.6) is 0 Å². The van der Waals surface area contributed by atoms with Crippen LogP contribution in [0.2, 0.25) is 13.1 Å². The van der Waals surface area contributed by atoms with Gasteiger partial charge in [0.1, 0.15) is 5.65 Å². The highest BCUT2D eigenvalue weighted by atomic mass is 28.3. The van der Waals surface area contributed by atoms with E-state index in [9.17, 15) is 0 Å². The Kier molecular flexibility index (Phi) is 4.65. The summed E-state index contributed by atoms with van der Waals surface area (Å²) in [6.07, 6.45) is 6.28. The molecule has 0 radical (unpaired) electrons. The molecule has 0 aliphatic rings. The van der Waals surface area contributed by atoms with Crippen LogP contribution < -0.4 is 0 Å². The lowest BCUT2D eigenvalue weighted by Crippen LogP contribution is -2.18. The molecule has 1 atom stereocenters. The van der Waals surface area contributed by atoms with E-state index in [1.807, 2.05) is 18.5 Å². The quantitative estimate of drug-likeness (QED) is 0.771. The van der Waals surface area contributed by atoms with Crippen molar-refractivity contribution in [3.8, 4) is 0 Å². The molecular weight excluding hydrogens is 264 g/mol. The van der Waals surface area contributed by atoms with E-state index in [0.717, 1.165) is 18.5 Å². The molecule has 0 saturated heterocycles. The lowest BCUT2D eigenvalue weighted by Gasteiger charge is -2.26. The second kappa shape index (κ2) is 6.10. The number of nitrogens with zero attached hydrogens (tertiary/aromatic N) is 2. The summed E-state index contributed by atoms with van der Waals surface area (Å²) in [5.74, 6) is 0. The zero-order valence-corrected chi connectivity index (χ0v) is 14.4. The van der Waals surface area contributed by atoms with E-state index in [2.05, 4.69) is 55.4 Å². The van der Waals surface area contributed by atoms with Crippen molar-refractivity contribution in [2.45, 2.75) is 52.8 Å². The van der Waals surface area contributed by atoms with Gasteiger partial charge >= 0.3 is 0 Å². The molecular formula is C16H26N2OSi. The Morgan fingerprint density at radius 3 is 2.70 bits per heavy atom. The van der Waals surface area contributed by atoms with Gasteiger partial charge in [-0.1, -0.05) is 26.8 Å². The van der Waals surface area contributed by atoms with Crippen LogP contribution in [0.15, 0.2) is 30.6 Å². The van der Waals surface area contributed by atoms with E-state index in [1.165, 1.54) is 5.69 Å². The predicted octanol–water partition coefficient (Wildman–Crippen LogP) is 4.20. The Hall–Kier alpha value is -1.13. The number of fused-ring (bicyclic) bond motifs is 1. The third-order valence-corrected chi connectivity index (χ3v) is 4.26. The molecule has 2 aromatic rings. The van der Waals surface area contributed by atoms with Gasteiger partial charge < -0.3 is 8.83 Å². The summed E-state index contributed by atoms with van der Waals surface area (Å²) < 4.78 is 8.46. The summed E-state index contributed by atoms with van der Waals surface area (Å²) >= 11 is 0. The zero-order chi connectivity index (χ0) is 14.8. The van der Waals surface area contributed by atoms with E-state index < -0.39 is 9.04 Å². The van der Waals surface area contributed by atoms with Crippen LogP contribution in [0.4, 0.5) is 0 Å². The molecule has 2 aromatic heterocycles. The van der Waals surface area contributed by atoms with E-state index in [-0.39, 0.29) is 6.10 Å². The van der Waals surface area contributed by atoms with Gasteiger partial charge in [0.2, 0.25) is 0 Å². The highest BCUT2D eigenvalue weighted by molar-refractivity contribution is 6.48. The Morgan fingerprint density at radius 2 is 2.05 bits per heavy atom. The monoisotopic (exact) mass is 290 g/mol. The van der Waals surface area contributed by atoms with Crippen molar-refractivity contribution in [1.29, 1.82) is 0 Å². The van der Waals surface area contributed by atoms with Crippen molar-refractivity contribution in [2.75, 3.05) is 0 Å². The van der Waals surface area contributed by atoms with Crippen molar-refractivity contribution < 1.29 is 4.43 Å². The maximum absolute atomic E-state index is 6.30. The first-order valence-electron chi connectivity index (χ1n) is 7.44. The lowest BCUT2D eigenvalue weighted by atomic mass is 9.88. The topological polar surface area (TPSA) is 26.5 Å². The van der Waals surface area contributed by atoms with E-state index in [4.69, 9.17) is 4.43 Å². The highest BCUT2D eigenvalue weighted by Crippen LogP contribution is 2.30. The average molecular weight is 290 g/mol. The molecule has 0 N–H and O–H groups in total. The van der Waals surface area contributed by atoms with Gasteiger partial charge in [-0.3, -0.25) is 0 Å². The van der Waals surface area contributed by atoms with Crippen molar-refractivity contribution >= 4 is 14.7 Å². The molecule has 2 heterocycles. The molecule has 1 unspecified atom stereocenters. The first-order chi connectivity index (χ1) is 9.37. The molecule has 0 aromatic carbocycles. The largest absolute Gasteiger partial charge is 0.412 e. The molecule has 0 amide bonds. The Labute approximate surface area is 123 Å². The molecule has 0 aliphatic heterocycles. The molecule has 4 heteroatoms. The fourth-order valence-corrected chi connectivity index (χ4v) is 3.34. The zero-order valence-electron chi connectivity index (χ0n) is 13.3. The third kappa shape index (κ3) is 3.93. The molecule has 3 nitrogen and oxygen atoms in total. The van der Waals surface area contributed by atoms with Crippen LogP contribution in [0, 0.1) is 5.41 Å². The van der Waals surface area contributed by atoms with Crippen molar-refractivity contribution in [1.82, 2.24) is 9.38 Å². The highest BCUT2D eigenvalue weighted by Gasteiger charge is 2.20. The maximum Gasteiger partial charge on any atom is 0.171 e. The molecule has 20 heavy (non-hydrogen) atoms. The predicted molar refractivity (Wildman–Crippen MR) is 86.6 cm³/mol. The number of pyridine rings is 1. The van der Waals surface area contributed by atoms with Gasteiger partial charge in [0.05, 0.1) is 11.8 Å². The number of rotatable bonds is 5. The first-order valence-corrected chi connectivity index (χ1v) is 10.2. The normalized spacial score (nSPS) is 14.1. The van der Waals surface area contributed by atoms with Crippen LogP contribution in [0.3, 0.4) is 0 Å². The molecule has 0 spiro atoms. The Morgan fingerprint density at radius 1 is 1.30 bits per heavy atom. The summed E-state index contributed by atoms with van der Waals surface area (Å²) in [7, 11) is -1.08. The van der Waals surface area contributed by atoms with Gasteiger partial charge in [-0.15, -0.1) is 0 Å². The summed E-state index contributed by atoms with van der Waals surface area (Å²) in [6.45, 7) is 11.3. The van der Waals surface area contributed by atoms with Gasteiger partial charge in [0.15, 0.2) is 9.04 Å². The first kappa shape index (κ1) is 15.3. The summed E-state index contributed by atoms with van der Waals surface area (Å²) in [6, 6.07) is 6.28. The summed E-state index contributed by atoms with van der Waals surface area (Å²) in [5, 5.41) is 0. The van der Waals surface area contributed by atoms with E-state index in [0.29, 0.717) is 5.41 Å². The minimum atomic E-state index is -1.08. The van der Waals surface area contributed by atoms with Crippen LogP contribution in [0.1, 0.15) is 45.4 Å². The summed E-state index contributed by atoms with van der Waals surface area (Å²) in [4.78, 5) is 4.37. The van der Waals surface area contributed by atoms with Gasteiger partial charge in [-0.25, -0.2) is 4.98 Å². The van der Waals surface area contributed by atoms with Crippen molar-refractivity contribution in [3.63, 3.8) is 0 Å². The molecule has 0 aliphatic carbocycles. The fraction of sp³-hybridized carbons (Fsp3) is 0.562. The Balaban J connectivity index is 2.28. The second-order valence-electron chi connectivity index (χ2n) is 6.88. The number of hydrogen-bond acceptors (Lipinski definition) is 2. The SMILES string of the molecule is C[SiH](C)OC(CCC(C)(C)C)c1cccc2nccn12. The van der Waals surface area contributed by atoms with E-state index in [1.54, 1.807) is 0 Å². The number of aromatic nitrogens is 2. The van der Waals surface area contributed by atoms with Crippen LogP contribution in [-0.4, -0.2) is 18.4 Å². The lowest BCUT2D eigenvalue weighted by molar-refractivity contribution is 0.168. The van der Waals surface area contributed by atoms with Crippen LogP contribution >= 0.6 is 0 Å². The van der Waals surface area contributed by atoms with Gasteiger partial charge in [-0.05, 0) is 43.5 Å². The number of hydrogen-bond donors (Lipinski definition) is 0. The molecule has 0 bridgehead atoms. The number of imidazole rings is 1. The summed E-state index contributed by atoms with van der Waals surface area (Å²) in [5.41, 5.74) is 2.56. The smallest absolute Gasteiger partial charge is 0.171 e. The van der Waals surface area contributed by atoms with Gasteiger partial charge in [-0.2, -0.15) is 0 Å². The fourth-order valence-electron chi connectivity index (χ4n) is 2.41. The van der Waals surface area contributed by atoms with Crippen LogP contribution in [0.25, 0.3) is 5.65 Å². The third-order valence-electron chi connectivity index (χ3n) is 3.38. The average Bonchev–Trinajstić information content (AvgIpc) is 2.81. The maximum atomic E-state index is 6.30. The standard InChI is InChI=1S/C16H26N2OSi/c1-16(2,3)10-9-14(19-20(4)5)13-7-6-8-15-17-11-12-18(13)15/h6-8,11-12,14,20H,9-10H2,1-5H3. The van der Waals surface area contributed by atoms with Crippen LogP contribution in [-0.2, 0) is 4.43 Å². The second-order valence-corrected chi connectivity index (χ2v) is 9.25. The minimum Gasteiger partial charge on any atom is -0.412 e. The van der Waals surface area contributed by atoms with E-state index >= 15 is 0 Å². The van der Waals surface area contributed by atoms with Crippen molar-refractivity contribution in [2.24, 2.45) is 5.41 Å². The molecule has 2 rings (SSSR count). The van der Waals surface area contributed by atoms with Gasteiger partial charge in [0.25, 0.3) is 0 Å². The molecule has 0 saturated carbocycles.